The number of fused-ring (bicyclic) bond motifs is 2. The highest BCUT2D eigenvalue weighted by Gasteiger charge is 2.21. The Bertz CT molecular complexity index is 1890. The molecular formula is C26H20N4O5S2. The average Bonchev–Trinajstić information content (AvgIpc) is 3.42. The third kappa shape index (κ3) is 4.37. The van der Waals surface area contributed by atoms with E-state index >= 15 is 0 Å². The Labute approximate surface area is 216 Å². The standard InChI is InChI=1S/C26H20N4O5S2/c1-29-20-10-9-18(14-21(20)30(2)26(29)31)37(32,33)35-22-11-8-16(13-23(22)34-3)12-17(15-27)25-28-19-6-4-5-7-24(19)36-25/h4-14H,1-3H3. The molecular weight excluding hydrogens is 512 g/mol. The summed E-state index contributed by atoms with van der Waals surface area (Å²) < 4.78 is 40.7. The van der Waals surface area contributed by atoms with Crippen molar-refractivity contribution in [1.29, 1.82) is 5.26 Å². The zero-order chi connectivity index (χ0) is 26.3. The molecule has 5 aromatic rings. The van der Waals surface area contributed by atoms with Crippen LogP contribution in [0.4, 0.5) is 0 Å². The van der Waals surface area contributed by atoms with Gasteiger partial charge in [0, 0.05) is 14.1 Å². The molecule has 0 radical (unpaired) electrons. The number of nitrogens with zero attached hydrogens (tertiary/aromatic N) is 4. The zero-order valence-corrected chi connectivity index (χ0v) is 21.6. The van der Waals surface area contributed by atoms with E-state index < -0.39 is 10.1 Å². The Morgan fingerprint density at radius 1 is 1.03 bits per heavy atom. The van der Waals surface area contributed by atoms with Crippen LogP contribution in [-0.2, 0) is 24.2 Å². The van der Waals surface area contributed by atoms with E-state index in [0.717, 1.165) is 10.2 Å². The van der Waals surface area contributed by atoms with Gasteiger partial charge in [-0.25, -0.2) is 9.78 Å². The van der Waals surface area contributed by atoms with Crippen molar-refractivity contribution in [3.8, 4) is 17.6 Å². The molecule has 0 saturated carbocycles. The van der Waals surface area contributed by atoms with Crippen molar-refractivity contribution in [1.82, 2.24) is 14.1 Å². The number of benzene rings is 3. The fourth-order valence-corrected chi connectivity index (χ4v) is 5.84. The van der Waals surface area contributed by atoms with E-state index in [4.69, 9.17) is 8.92 Å². The van der Waals surface area contributed by atoms with E-state index in [2.05, 4.69) is 11.1 Å². The van der Waals surface area contributed by atoms with Crippen molar-refractivity contribution in [2.75, 3.05) is 7.11 Å². The van der Waals surface area contributed by atoms with Crippen LogP contribution in [0.1, 0.15) is 10.6 Å². The van der Waals surface area contributed by atoms with Gasteiger partial charge in [0.15, 0.2) is 11.5 Å². The Hall–Kier alpha value is -4.40. The number of imidazole rings is 1. The monoisotopic (exact) mass is 532 g/mol. The second-order valence-corrected chi connectivity index (χ2v) is 10.7. The van der Waals surface area contributed by atoms with Crippen LogP contribution in [0.3, 0.4) is 0 Å². The molecule has 0 amide bonds. The molecule has 0 spiro atoms. The lowest BCUT2D eigenvalue weighted by Gasteiger charge is -2.12. The molecule has 0 unspecified atom stereocenters. The molecule has 0 aliphatic rings. The SMILES string of the molecule is COc1cc(C=C(C#N)c2nc3ccccc3s2)ccc1OS(=O)(=O)c1ccc2c(c1)n(C)c(=O)n2C. The van der Waals surface area contributed by atoms with Crippen LogP contribution in [0.2, 0.25) is 0 Å². The number of thiazole rings is 1. The van der Waals surface area contributed by atoms with E-state index in [-0.39, 0.29) is 22.1 Å². The summed E-state index contributed by atoms with van der Waals surface area (Å²) in [6.07, 6.45) is 1.66. The van der Waals surface area contributed by atoms with Gasteiger partial charge in [-0.3, -0.25) is 9.13 Å². The van der Waals surface area contributed by atoms with Crippen molar-refractivity contribution >= 4 is 54.4 Å². The first-order valence-electron chi connectivity index (χ1n) is 11.0. The molecule has 2 aromatic heterocycles. The first-order chi connectivity index (χ1) is 17.7. The lowest BCUT2D eigenvalue weighted by Crippen LogP contribution is -2.19. The summed E-state index contributed by atoms with van der Waals surface area (Å²) in [6.45, 7) is 0. The minimum atomic E-state index is -4.24. The molecule has 0 aliphatic carbocycles. The van der Waals surface area contributed by atoms with Gasteiger partial charge in [0.05, 0.1) is 33.9 Å². The molecule has 0 atom stereocenters. The minimum absolute atomic E-state index is 0.0137. The van der Waals surface area contributed by atoms with Gasteiger partial charge in [-0.2, -0.15) is 13.7 Å². The van der Waals surface area contributed by atoms with Gasteiger partial charge in [0.1, 0.15) is 16.0 Å². The van der Waals surface area contributed by atoms with Gasteiger partial charge in [0.2, 0.25) is 0 Å². The van der Waals surface area contributed by atoms with Crippen LogP contribution in [0.5, 0.6) is 11.5 Å². The van der Waals surface area contributed by atoms with Crippen molar-refractivity contribution in [3.63, 3.8) is 0 Å². The van der Waals surface area contributed by atoms with Crippen molar-refractivity contribution in [2.45, 2.75) is 4.90 Å². The van der Waals surface area contributed by atoms with Crippen LogP contribution in [0.15, 0.2) is 70.4 Å². The first kappa shape index (κ1) is 24.3. The molecule has 0 fully saturated rings. The maximum atomic E-state index is 13.1. The molecule has 0 saturated heterocycles. The maximum Gasteiger partial charge on any atom is 0.339 e. The topological polar surface area (TPSA) is 116 Å². The van der Waals surface area contributed by atoms with Gasteiger partial charge >= 0.3 is 15.8 Å². The molecule has 5 rings (SSSR count). The molecule has 11 heteroatoms. The highest BCUT2D eigenvalue weighted by atomic mass is 32.2. The van der Waals surface area contributed by atoms with Gasteiger partial charge < -0.3 is 8.92 Å². The highest BCUT2D eigenvalue weighted by Crippen LogP contribution is 2.33. The second kappa shape index (κ2) is 9.24. The fourth-order valence-electron chi connectivity index (χ4n) is 3.95. The van der Waals surface area contributed by atoms with Gasteiger partial charge in [-0.1, -0.05) is 18.2 Å². The second-order valence-electron chi connectivity index (χ2n) is 8.16. The quantitative estimate of drug-likeness (QED) is 0.236. The lowest BCUT2D eigenvalue weighted by molar-refractivity contribution is 0.390. The molecule has 186 valence electrons. The number of methoxy groups -OCH3 is 1. The smallest absolute Gasteiger partial charge is 0.339 e. The van der Waals surface area contributed by atoms with E-state index in [1.54, 1.807) is 38.4 Å². The summed E-state index contributed by atoms with van der Waals surface area (Å²) in [5.74, 6) is 0.160. The van der Waals surface area contributed by atoms with Crippen molar-refractivity contribution in [2.24, 2.45) is 14.1 Å². The fraction of sp³-hybridized carbons (Fsp3) is 0.115. The minimum Gasteiger partial charge on any atom is -0.493 e. The number of nitriles is 1. The Balaban J connectivity index is 1.47. The number of aryl methyl sites for hydroxylation is 2. The Morgan fingerprint density at radius 2 is 1.78 bits per heavy atom. The first-order valence-corrected chi connectivity index (χ1v) is 13.2. The predicted molar refractivity (Wildman–Crippen MR) is 142 cm³/mol. The molecule has 0 N–H and O–H groups in total. The summed E-state index contributed by atoms with van der Waals surface area (Å²) >= 11 is 1.41. The summed E-state index contributed by atoms with van der Waals surface area (Å²) in [7, 11) is 0.345. The Morgan fingerprint density at radius 3 is 2.51 bits per heavy atom. The van der Waals surface area contributed by atoms with Gasteiger partial charge in [-0.05, 0) is 54.1 Å². The molecule has 37 heavy (non-hydrogen) atoms. The summed E-state index contributed by atoms with van der Waals surface area (Å²) in [5.41, 5.74) is 2.58. The van der Waals surface area contributed by atoms with Crippen LogP contribution in [0.25, 0.3) is 32.9 Å². The van der Waals surface area contributed by atoms with Crippen molar-refractivity contribution < 1.29 is 17.3 Å². The number of hydrogen-bond acceptors (Lipinski definition) is 8. The summed E-state index contributed by atoms with van der Waals surface area (Å²) in [4.78, 5) is 16.6. The van der Waals surface area contributed by atoms with E-state index in [1.165, 1.54) is 45.8 Å². The summed E-state index contributed by atoms with van der Waals surface area (Å²) in [5, 5.41) is 10.3. The number of hydrogen-bond donors (Lipinski definition) is 0. The lowest BCUT2D eigenvalue weighted by atomic mass is 10.1. The van der Waals surface area contributed by atoms with Crippen LogP contribution in [-0.4, -0.2) is 29.6 Å². The number of para-hydroxylation sites is 1. The highest BCUT2D eigenvalue weighted by molar-refractivity contribution is 7.87. The van der Waals surface area contributed by atoms with E-state index in [9.17, 15) is 18.5 Å². The van der Waals surface area contributed by atoms with E-state index in [0.29, 0.717) is 27.2 Å². The largest absolute Gasteiger partial charge is 0.493 e. The van der Waals surface area contributed by atoms with E-state index in [1.807, 2.05) is 24.3 Å². The third-order valence-corrected chi connectivity index (χ3v) is 8.17. The summed E-state index contributed by atoms with van der Waals surface area (Å²) in [6, 6.07) is 18.8. The predicted octanol–water partition coefficient (Wildman–Crippen LogP) is 4.33. The third-order valence-electron chi connectivity index (χ3n) is 5.88. The van der Waals surface area contributed by atoms with Crippen LogP contribution >= 0.6 is 11.3 Å². The Kier molecular flexibility index (Phi) is 6.07. The van der Waals surface area contributed by atoms with Crippen LogP contribution < -0.4 is 14.6 Å². The molecule has 0 bridgehead atoms. The molecule has 9 nitrogen and oxygen atoms in total. The maximum absolute atomic E-state index is 13.1. The molecule has 2 heterocycles. The normalized spacial score (nSPS) is 12.1. The van der Waals surface area contributed by atoms with Gasteiger partial charge in [-0.15, -0.1) is 11.3 Å². The van der Waals surface area contributed by atoms with Crippen LogP contribution in [0, 0.1) is 11.3 Å². The van der Waals surface area contributed by atoms with Crippen molar-refractivity contribution in [3.05, 3.63) is 81.7 Å². The number of allylic oxidation sites excluding steroid dienone is 1. The van der Waals surface area contributed by atoms with Gasteiger partial charge in [0.25, 0.3) is 0 Å². The molecule has 0 aliphatic heterocycles. The number of ether oxygens (including phenoxy) is 1. The molecule has 3 aromatic carbocycles. The number of rotatable bonds is 6. The average molecular weight is 533 g/mol. The zero-order valence-electron chi connectivity index (χ0n) is 20.0. The number of aromatic nitrogens is 3.